The minimum atomic E-state index is -0.471. The molecule has 2 heteroatoms. The molecule has 1 aromatic rings. The molecule has 15 heavy (non-hydrogen) atoms. The normalized spacial score (nSPS) is 24.7. The lowest BCUT2D eigenvalue weighted by molar-refractivity contribution is -0.0602. The van der Waals surface area contributed by atoms with E-state index in [4.69, 9.17) is 9.47 Å². The third-order valence-electron chi connectivity index (χ3n) is 2.96. The minimum absolute atomic E-state index is 0.305. The van der Waals surface area contributed by atoms with Gasteiger partial charge in [-0.2, -0.15) is 0 Å². The van der Waals surface area contributed by atoms with Crippen LogP contribution in [0.2, 0.25) is 0 Å². The van der Waals surface area contributed by atoms with Gasteiger partial charge in [-0.3, -0.25) is 0 Å². The van der Waals surface area contributed by atoms with Crippen molar-refractivity contribution in [3.05, 3.63) is 47.4 Å². The second-order valence-electron chi connectivity index (χ2n) is 3.96. The maximum absolute atomic E-state index is 5.68. The molecule has 0 radical (unpaired) electrons. The molecule has 1 aromatic carbocycles. The van der Waals surface area contributed by atoms with E-state index in [0.717, 1.165) is 16.9 Å². The highest BCUT2D eigenvalue weighted by Crippen LogP contribution is 2.49. The van der Waals surface area contributed by atoms with E-state index in [1.165, 1.54) is 0 Å². The van der Waals surface area contributed by atoms with Gasteiger partial charge in [0.05, 0.1) is 18.4 Å². The average Bonchev–Trinajstić information content (AvgIpc) is 3.02. The van der Waals surface area contributed by atoms with Gasteiger partial charge in [0.1, 0.15) is 0 Å². The molecule has 1 unspecified atom stereocenters. The van der Waals surface area contributed by atoms with Crippen LogP contribution in [0.3, 0.4) is 0 Å². The van der Waals surface area contributed by atoms with Gasteiger partial charge in [-0.15, -0.1) is 6.58 Å². The van der Waals surface area contributed by atoms with Crippen molar-refractivity contribution < 1.29 is 9.47 Å². The fourth-order valence-corrected chi connectivity index (χ4v) is 1.86. The molecule has 0 bridgehead atoms. The van der Waals surface area contributed by atoms with Crippen LogP contribution in [-0.2, 0) is 9.47 Å². The summed E-state index contributed by atoms with van der Waals surface area (Å²) in [4.78, 5) is 0. The number of rotatable bonds is 1. The highest BCUT2D eigenvalue weighted by atomic mass is 16.7. The zero-order chi connectivity index (χ0) is 10.3. The fourth-order valence-electron chi connectivity index (χ4n) is 1.86. The number of benzene rings is 1. The van der Waals surface area contributed by atoms with Gasteiger partial charge in [0.15, 0.2) is 0 Å². The number of fused-ring (bicyclic) bond motifs is 1. The van der Waals surface area contributed by atoms with E-state index in [-0.39, 0.29) is 0 Å². The summed E-state index contributed by atoms with van der Waals surface area (Å²) in [5, 5.41) is 2.12. The van der Waals surface area contributed by atoms with E-state index < -0.39 is 5.79 Å². The zero-order valence-corrected chi connectivity index (χ0v) is 8.35. The van der Waals surface area contributed by atoms with Gasteiger partial charge in [0.2, 0.25) is 0 Å². The maximum Gasteiger partial charge on any atom is 0.256 e. The van der Waals surface area contributed by atoms with Crippen molar-refractivity contribution in [1.29, 1.82) is 0 Å². The van der Waals surface area contributed by atoms with Gasteiger partial charge >= 0.3 is 0 Å². The second-order valence-corrected chi connectivity index (χ2v) is 3.96. The van der Waals surface area contributed by atoms with Crippen molar-refractivity contribution in [2.24, 2.45) is 5.92 Å². The first-order chi connectivity index (χ1) is 7.34. The Morgan fingerprint density at radius 2 is 1.80 bits per heavy atom. The van der Waals surface area contributed by atoms with Crippen molar-refractivity contribution in [3.8, 4) is 0 Å². The molecule has 0 N–H and O–H groups in total. The minimum Gasteiger partial charge on any atom is -0.459 e. The van der Waals surface area contributed by atoms with Gasteiger partial charge < -0.3 is 9.47 Å². The second kappa shape index (κ2) is 2.89. The summed E-state index contributed by atoms with van der Waals surface area (Å²) in [6.07, 6.45) is 6.33. The van der Waals surface area contributed by atoms with E-state index in [1.54, 1.807) is 12.5 Å². The predicted molar refractivity (Wildman–Crippen MR) is 57.8 cm³/mol. The first-order valence-corrected chi connectivity index (χ1v) is 5.08. The Morgan fingerprint density at radius 1 is 1.20 bits per heavy atom. The van der Waals surface area contributed by atoms with E-state index >= 15 is 0 Å². The molecule has 1 aliphatic heterocycles. The molecule has 3 rings (SSSR count). The Labute approximate surface area is 88.1 Å². The topological polar surface area (TPSA) is 18.5 Å². The smallest absolute Gasteiger partial charge is 0.256 e. The molecule has 0 aromatic heterocycles. The van der Waals surface area contributed by atoms with Crippen LogP contribution >= 0.6 is 0 Å². The first-order valence-electron chi connectivity index (χ1n) is 5.08. The van der Waals surface area contributed by atoms with Gasteiger partial charge in [0.25, 0.3) is 5.79 Å². The summed E-state index contributed by atoms with van der Waals surface area (Å²) in [6.45, 7) is 3.76. The lowest BCUT2D eigenvalue weighted by Gasteiger charge is -2.13. The van der Waals surface area contributed by atoms with Gasteiger partial charge in [0, 0.05) is 16.9 Å². The standard InChI is InChI=1S/C13H12O2/c1-2-12-7-13(12)14-8-10-5-3-4-6-11(10)9-15-13/h2-6,8-9,12H,1,7H2. The molecular formula is C13H12O2. The quantitative estimate of drug-likeness (QED) is 0.632. The maximum atomic E-state index is 5.68. The SMILES string of the molecule is C=CC1CC12OC=c1ccccc1=CO2. The number of hydrogen-bond donors (Lipinski definition) is 0. The van der Waals surface area contributed by atoms with Crippen molar-refractivity contribution in [2.45, 2.75) is 12.2 Å². The van der Waals surface area contributed by atoms with Crippen LogP contribution in [0.4, 0.5) is 0 Å². The molecular weight excluding hydrogens is 188 g/mol. The van der Waals surface area contributed by atoms with E-state index in [0.29, 0.717) is 5.92 Å². The van der Waals surface area contributed by atoms with Crippen LogP contribution in [0.15, 0.2) is 36.9 Å². The molecule has 76 valence electrons. The largest absolute Gasteiger partial charge is 0.459 e. The summed E-state index contributed by atoms with van der Waals surface area (Å²) in [5.74, 6) is -0.167. The van der Waals surface area contributed by atoms with Crippen LogP contribution in [0, 0.1) is 5.92 Å². The Kier molecular flexibility index (Phi) is 1.66. The van der Waals surface area contributed by atoms with Gasteiger partial charge in [-0.1, -0.05) is 30.3 Å². The molecule has 2 aliphatic rings. The summed E-state index contributed by atoms with van der Waals surface area (Å²) in [7, 11) is 0. The predicted octanol–water partition coefficient (Wildman–Crippen LogP) is 1.11. The summed E-state index contributed by atoms with van der Waals surface area (Å²) in [5.41, 5.74) is 0. The highest BCUT2D eigenvalue weighted by molar-refractivity contribution is 5.30. The Morgan fingerprint density at radius 3 is 2.27 bits per heavy atom. The Balaban J connectivity index is 2.05. The first kappa shape index (κ1) is 8.60. The molecule has 1 atom stereocenters. The van der Waals surface area contributed by atoms with E-state index in [2.05, 4.69) is 6.58 Å². The van der Waals surface area contributed by atoms with Crippen molar-refractivity contribution in [3.63, 3.8) is 0 Å². The molecule has 1 aliphatic carbocycles. The number of hydrogen-bond acceptors (Lipinski definition) is 2. The van der Waals surface area contributed by atoms with Crippen LogP contribution in [0.25, 0.3) is 12.5 Å². The Bertz CT molecular complexity index is 479. The Hall–Kier alpha value is -1.70. The van der Waals surface area contributed by atoms with Crippen LogP contribution in [0.1, 0.15) is 6.42 Å². The monoisotopic (exact) mass is 200 g/mol. The summed E-state index contributed by atoms with van der Waals surface area (Å²) < 4.78 is 11.4. The van der Waals surface area contributed by atoms with Gasteiger partial charge in [-0.05, 0) is 0 Å². The average molecular weight is 200 g/mol. The summed E-state index contributed by atoms with van der Waals surface area (Å²) >= 11 is 0. The zero-order valence-electron chi connectivity index (χ0n) is 8.35. The lowest BCUT2D eigenvalue weighted by atomic mass is 10.3. The van der Waals surface area contributed by atoms with Gasteiger partial charge in [-0.25, -0.2) is 0 Å². The lowest BCUT2D eigenvalue weighted by Crippen LogP contribution is -2.22. The molecule has 1 heterocycles. The molecule has 2 nitrogen and oxygen atoms in total. The van der Waals surface area contributed by atoms with Crippen molar-refractivity contribution in [2.75, 3.05) is 0 Å². The molecule has 1 spiro atoms. The van der Waals surface area contributed by atoms with Crippen LogP contribution in [0.5, 0.6) is 0 Å². The van der Waals surface area contributed by atoms with Crippen molar-refractivity contribution in [1.82, 2.24) is 0 Å². The molecule has 0 amide bonds. The van der Waals surface area contributed by atoms with Crippen LogP contribution < -0.4 is 10.4 Å². The fraction of sp³-hybridized carbons (Fsp3) is 0.231. The highest BCUT2D eigenvalue weighted by Gasteiger charge is 2.57. The van der Waals surface area contributed by atoms with E-state index in [1.807, 2.05) is 30.3 Å². The molecule has 0 saturated heterocycles. The van der Waals surface area contributed by atoms with E-state index in [9.17, 15) is 0 Å². The number of ether oxygens (including phenoxy) is 2. The summed E-state index contributed by atoms with van der Waals surface area (Å²) in [6, 6.07) is 8.00. The van der Waals surface area contributed by atoms with Crippen molar-refractivity contribution >= 4 is 12.5 Å². The third kappa shape index (κ3) is 1.25. The third-order valence-corrected chi connectivity index (χ3v) is 2.96. The van der Waals surface area contributed by atoms with Crippen LogP contribution in [-0.4, -0.2) is 5.79 Å². The molecule has 1 saturated carbocycles. The molecule has 1 fully saturated rings.